The average Bonchev–Trinajstić information content (AvgIpc) is 3.19. The highest BCUT2D eigenvalue weighted by atomic mass is 79.9. The maximum absolute atomic E-state index is 13.0. The molecule has 0 aromatic heterocycles. The van der Waals surface area contributed by atoms with E-state index in [0.29, 0.717) is 12.2 Å². The van der Waals surface area contributed by atoms with Gasteiger partial charge in [0.15, 0.2) is 0 Å². The molecule has 0 bridgehead atoms. The summed E-state index contributed by atoms with van der Waals surface area (Å²) in [5.74, 6) is 0.777. The van der Waals surface area contributed by atoms with E-state index in [1.54, 1.807) is 0 Å². The minimum atomic E-state index is 0.0310. The number of amides is 1. The number of hydrogen-bond donors (Lipinski definition) is 0. The third-order valence-electron chi connectivity index (χ3n) is 4.98. The number of halogens is 1. The molecule has 4 rings (SSSR count). The molecule has 0 aliphatic carbocycles. The Morgan fingerprint density at radius 2 is 2.12 bits per heavy atom. The Bertz CT molecular complexity index is 802. The van der Waals surface area contributed by atoms with Gasteiger partial charge in [-0.05, 0) is 71.4 Å². The average molecular weight is 416 g/mol. The molecule has 0 saturated carbocycles. The van der Waals surface area contributed by atoms with Crippen LogP contribution in [0.25, 0.3) is 0 Å². The predicted octanol–water partition coefficient (Wildman–Crippen LogP) is 4.60. The highest BCUT2D eigenvalue weighted by Crippen LogP contribution is 2.31. The second kappa shape index (κ2) is 7.80. The Balaban J connectivity index is 1.49. The van der Waals surface area contributed by atoms with E-state index in [2.05, 4.69) is 22.0 Å². The van der Waals surface area contributed by atoms with Crippen LogP contribution in [0.3, 0.4) is 0 Å². The fourth-order valence-electron chi connectivity index (χ4n) is 3.61. The lowest BCUT2D eigenvalue weighted by atomic mass is 10.0. The van der Waals surface area contributed by atoms with Crippen molar-refractivity contribution in [3.8, 4) is 5.75 Å². The largest absolute Gasteiger partial charge is 0.490 e. The SMILES string of the molecule is O=C(c1ccc(OCC2CCCO2)c(Br)c1)N1CCCc2ccccc21. The molecule has 0 radical (unpaired) electrons. The predicted molar refractivity (Wildman–Crippen MR) is 105 cm³/mol. The highest BCUT2D eigenvalue weighted by molar-refractivity contribution is 9.10. The van der Waals surface area contributed by atoms with E-state index in [0.717, 1.165) is 54.7 Å². The van der Waals surface area contributed by atoms with Crippen molar-refractivity contribution in [3.05, 3.63) is 58.1 Å². The molecule has 0 spiro atoms. The molecule has 1 amide bonds. The normalized spacial score (nSPS) is 19.3. The summed E-state index contributed by atoms with van der Waals surface area (Å²) in [4.78, 5) is 14.9. The Morgan fingerprint density at radius 3 is 2.92 bits per heavy atom. The highest BCUT2D eigenvalue weighted by Gasteiger charge is 2.24. The van der Waals surface area contributed by atoms with Gasteiger partial charge in [0.05, 0.1) is 10.6 Å². The Morgan fingerprint density at radius 1 is 1.23 bits per heavy atom. The number of nitrogens with zero attached hydrogens (tertiary/aromatic N) is 1. The molecule has 1 fully saturated rings. The van der Waals surface area contributed by atoms with E-state index >= 15 is 0 Å². The van der Waals surface area contributed by atoms with Gasteiger partial charge in [0, 0.05) is 24.4 Å². The van der Waals surface area contributed by atoms with Gasteiger partial charge >= 0.3 is 0 Å². The van der Waals surface area contributed by atoms with Crippen LogP contribution in [0.4, 0.5) is 5.69 Å². The van der Waals surface area contributed by atoms with Crippen LogP contribution < -0.4 is 9.64 Å². The molecule has 4 nitrogen and oxygen atoms in total. The summed E-state index contributed by atoms with van der Waals surface area (Å²) >= 11 is 3.54. The maximum Gasteiger partial charge on any atom is 0.258 e. The van der Waals surface area contributed by atoms with Gasteiger partial charge in [0.25, 0.3) is 5.91 Å². The summed E-state index contributed by atoms with van der Waals surface area (Å²) in [5.41, 5.74) is 2.93. The topological polar surface area (TPSA) is 38.8 Å². The number of ether oxygens (including phenoxy) is 2. The number of aryl methyl sites for hydroxylation is 1. The summed E-state index contributed by atoms with van der Waals surface area (Å²) < 4.78 is 12.2. The van der Waals surface area contributed by atoms with Crippen LogP contribution in [0, 0.1) is 0 Å². The van der Waals surface area contributed by atoms with Gasteiger partial charge in [-0.2, -0.15) is 0 Å². The summed E-state index contributed by atoms with van der Waals surface area (Å²) in [7, 11) is 0. The van der Waals surface area contributed by atoms with E-state index in [1.807, 2.05) is 41.3 Å². The summed E-state index contributed by atoms with van der Waals surface area (Å²) in [6.07, 6.45) is 4.34. The van der Waals surface area contributed by atoms with Gasteiger partial charge in [0.1, 0.15) is 12.4 Å². The molecule has 5 heteroatoms. The van der Waals surface area contributed by atoms with Crippen LogP contribution in [0.5, 0.6) is 5.75 Å². The Kier molecular flexibility index (Phi) is 5.27. The first-order valence-electron chi connectivity index (χ1n) is 9.16. The molecule has 1 saturated heterocycles. The molecule has 2 aromatic rings. The number of rotatable bonds is 4. The summed E-state index contributed by atoms with van der Waals surface area (Å²) in [5, 5.41) is 0. The molecule has 2 aliphatic heterocycles. The Labute approximate surface area is 162 Å². The van der Waals surface area contributed by atoms with Crippen molar-refractivity contribution >= 4 is 27.5 Å². The third kappa shape index (κ3) is 3.64. The van der Waals surface area contributed by atoms with Crippen LogP contribution >= 0.6 is 15.9 Å². The molecular formula is C21H22BrNO3. The van der Waals surface area contributed by atoms with Crippen LogP contribution in [0.15, 0.2) is 46.9 Å². The third-order valence-corrected chi connectivity index (χ3v) is 5.60. The van der Waals surface area contributed by atoms with Crippen molar-refractivity contribution < 1.29 is 14.3 Å². The maximum atomic E-state index is 13.0. The first kappa shape index (κ1) is 17.6. The quantitative estimate of drug-likeness (QED) is 0.732. The number of para-hydroxylation sites is 1. The number of anilines is 1. The number of fused-ring (bicyclic) bond motifs is 1. The number of hydrogen-bond acceptors (Lipinski definition) is 3. The van der Waals surface area contributed by atoms with Crippen LogP contribution in [0.1, 0.15) is 35.2 Å². The van der Waals surface area contributed by atoms with Gasteiger partial charge in [-0.1, -0.05) is 18.2 Å². The molecule has 2 aromatic carbocycles. The number of benzene rings is 2. The molecular weight excluding hydrogens is 394 g/mol. The van der Waals surface area contributed by atoms with Crippen molar-refractivity contribution in [2.24, 2.45) is 0 Å². The van der Waals surface area contributed by atoms with Crippen LogP contribution in [0.2, 0.25) is 0 Å². The van der Waals surface area contributed by atoms with E-state index < -0.39 is 0 Å². The van der Waals surface area contributed by atoms with Crippen molar-refractivity contribution in [2.75, 3.05) is 24.7 Å². The van der Waals surface area contributed by atoms with Crippen LogP contribution in [-0.2, 0) is 11.2 Å². The lowest BCUT2D eigenvalue weighted by Crippen LogP contribution is -2.35. The van der Waals surface area contributed by atoms with Gasteiger partial charge in [-0.25, -0.2) is 0 Å². The summed E-state index contributed by atoms with van der Waals surface area (Å²) in [6, 6.07) is 13.7. The summed E-state index contributed by atoms with van der Waals surface area (Å²) in [6.45, 7) is 2.12. The zero-order valence-corrected chi connectivity index (χ0v) is 16.2. The molecule has 2 aliphatic rings. The minimum Gasteiger partial charge on any atom is -0.490 e. The Hall–Kier alpha value is -1.85. The van der Waals surface area contributed by atoms with Crippen molar-refractivity contribution in [2.45, 2.75) is 31.8 Å². The molecule has 2 heterocycles. The molecule has 1 atom stereocenters. The lowest BCUT2D eigenvalue weighted by molar-refractivity contribution is 0.0677. The second-order valence-electron chi connectivity index (χ2n) is 6.78. The van der Waals surface area contributed by atoms with Crippen molar-refractivity contribution in [1.29, 1.82) is 0 Å². The van der Waals surface area contributed by atoms with Gasteiger partial charge in [-0.3, -0.25) is 4.79 Å². The zero-order valence-electron chi connectivity index (χ0n) is 14.6. The fourth-order valence-corrected chi connectivity index (χ4v) is 4.10. The number of carbonyl (C=O) groups is 1. The second-order valence-corrected chi connectivity index (χ2v) is 7.63. The lowest BCUT2D eigenvalue weighted by Gasteiger charge is -2.29. The first-order valence-corrected chi connectivity index (χ1v) is 9.95. The first-order chi connectivity index (χ1) is 12.7. The number of carbonyl (C=O) groups excluding carboxylic acids is 1. The standard InChI is InChI=1S/C21H22BrNO3/c22-18-13-16(9-10-20(18)26-14-17-7-4-12-25-17)21(24)23-11-3-6-15-5-1-2-8-19(15)23/h1-2,5,8-10,13,17H,3-4,6-7,11-12,14H2. The van der Waals surface area contributed by atoms with E-state index in [9.17, 15) is 4.79 Å². The fraction of sp³-hybridized carbons (Fsp3) is 0.381. The van der Waals surface area contributed by atoms with Gasteiger partial charge < -0.3 is 14.4 Å². The molecule has 1 unspecified atom stereocenters. The van der Waals surface area contributed by atoms with Gasteiger partial charge in [0.2, 0.25) is 0 Å². The van der Waals surface area contributed by atoms with Crippen molar-refractivity contribution in [3.63, 3.8) is 0 Å². The van der Waals surface area contributed by atoms with E-state index in [1.165, 1.54) is 5.56 Å². The van der Waals surface area contributed by atoms with Crippen LogP contribution in [-0.4, -0.2) is 31.8 Å². The zero-order chi connectivity index (χ0) is 17.9. The minimum absolute atomic E-state index is 0.0310. The van der Waals surface area contributed by atoms with E-state index in [-0.39, 0.29) is 12.0 Å². The van der Waals surface area contributed by atoms with Crippen molar-refractivity contribution in [1.82, 2.24) is 0 Å². The molecule has 136 valence electrons. The van der Waals surface area contributed by atoms with E-state index in [4.69, 9.17) is 9.47 Å². The smallest absolute Gasteiger partial charge is 0.258 e. The molecule has 26 heavy (non-hydrogen) atoms. The van der Waals surface area contributed by atoms with Gasteiger partial charge in [-0.15, -0.1) is 0 Å². The molecule has 0 N–H and O–H groups in total. The monoisotopic (exact) mass is 415 g/mol.